The number of nitrogens with zero attached hydrogens (tertiary/aromatic N) is 3. The Kier molecular flexibility index (Phi) is 3.00. The summed E-state index contributed by atoms with van der Waals surface area (Å²) < 4.78 is 5.09. The van der Waals surface area contributed by atoms with Crippen molar-refractivity contribution >= 4 is 11.9 Å². The van der Waals surface area contributed by atoms with Gasteiger partial charge in [0.2, 0.25) is 0 Å². The first kappa shape index (κ1) is 10.7. The van der Waals surface area contributed by atoms with Crippen molar-refractivity contribution in [2.45, 2.75) is 0 Å². The van der Waals surface area contributed by atoms with Crippen LogP contribution in [-0.4, -0.2) is 6.21 Å². The molecule has 17 heavy (non-hydrogen) atoms. The van der Waals surface area contributed by atoms with Crippen LogP contribution in [-0.2, 0) is 0 Å². The summed E-state index contributed by atoms with van der Waals surface area (Å²) in [6.07, 6.45) is 3.09. The molecule has 0 aliphatic rings. The van der Waals surface area contributed by atoms with Gasteiger partial charge >= 0.3 is 0 Å². The molecule has 0 N–H and O–H groups in total. The molecule has 0 fully saturated rings. The van der Waals surface area contributed by atoms with E-state index in [0.717, 1.165) is 0 Å². The van der Waals surface area contributed by atoms with E-state index in [2.05, 4.69) is 4.99 Å². The number of hydrogen-bond acceptors (Lipinski definition) is 4. The van der Waals surface area contributed by atoms with Crippen molar-refractivity contribution in [2.24, 2.45) is 4.99 Å². The molecular formula is C13H7N3O. The number of nitriles is 2. The Bertz CT molecular complexity index is 595. The first-order valence-electron chi connectivity index (χ1n) is 4.84. The van der Waals surface area contributed by atoms with E-state index in [0.29, 0.717) is 22.6 Å². The SMILES string of the molecule is N#Cc1cc(C#N)cc(N=Cc2ccco2)c1. The highest BCUT2D eigenvalue weighted by atomic mass is 16.3. The molecule has 0 saturated carbocycles. The molecule has 0 atom stereocenters. The summed E-state index contributed by atoms with van der Waals surface area (Å²) in [6.45, 7) is 0. The molecule has 1 aromatic carbocycles. The van der Waals surface area contributed by atoms with Gasteiger partial charge in [0, 0.05) is 0 Å². The van der Waals surface area contributed by atoms with Crippen LogP contribution in [0.25, 0.3) is 0 Å². The van der Waals surface area contributed by atoms with E-state index in [1.807, 2.05) is 12.1 Å². The minimum Gasteiger partial charge on any atom is -0.463 e. The Hall–Kier alpha value is -2.85. The molecule has 4 heteroatoms. The number of benzene rings is 1. The summed E-state index contributed by atoms with van der Waals surface area (Å²) in [4.78, 5) is 4.14. The van der Waals surface area contributed by atoms with E-state index in [1.165, 1.54) is 12.3 Å². The zero-order valence-electron chi connectivity index (χ0n) is 8.79. The van der Waals surface area contributed by atoms with Crippen molar-refractivity contribution < 1.29 is 4.42 Å². The summed E-state index contributed by atoms with van der Waals surface area (Å²) in [5.41, 5.74) is 1.38. The van der Waals surface area contributed by atoms with Gasteiger partial charge < -0.3 is 4.42 Å². The molecule has 80 valence electrons. The van der Waals surface area contributed by atoms with Crippen LogP contribution in [0.3, 0.4) is 0 Å². The lowest BCUT2D eigenvalue weighted by atomic mass is 10.1. The summed E-state index contributed by atoms with van der Waals surface area (Å²) in [5, 5.41) is 17.6. The summed E-state index contributed by atoms with van der Waals surface area (Å²) in [6, 6.07) is 12.2. The molecule has 1 aromatic heterocycles. The number of rotatable bonds is 2. The van der Waals surface area contributed by atoms with Gasteiger partial charge in [-0.05, 0) is 30.3 Å². The fraction of sp³-hybridized carbons (Fsp3) is 0. The molecule has 1 heterocycles. The maximum Gasteiger partial charge on any atom is 0.144 e. The standard InChI is InChI=1S/C13H7N3O/c14-7-10-4-11(8-15)6-12(5-10)16-9-13-2-1-3-17-13/h1-6,9H. The third-order valence-corrected chi connectivity index (χ3v) is 2.06. The van der Waals surface area contributed by atoms with Crippen molar-refractivity contribution in [3.8, 4) is 12.1 Å². The monoisotopic (exact) mass is 221 g/mol. The van der Waals surface area contributed by atoms with Crippen LogP contribution in [0.5, 0.6) is 0 Å². The Morgan fingerprint density at radius 2 is 1.82 bits per heavy atom. The van der Waals surface area contributed by atoms with Gasteiger partial charge in [0.15, 0.2) is 0 Å². The van der Waals surface area contributed by atoms with Gasteiger partial charge in [0.25, 0.3) is 0 Å². The average Bonchev–Trinajstić information content (AvgIpc) is 2.89. The highest BCUT2D eigenvalue weighted by Crippen LogP contribution is 2.17. The van der Waals surface area contributed by atoms with Gasteiger partial charge in [-0.15, -0.1) is 0 Å². The Morgan fingerprint density at radius 3 is 2.35 bits per heavy atom. The summed E-state index contributed by atoms with van der Waals surface area (Å²) in [7, 11) is 0. The molecule has 2 aromatic rings. The molecule has 0 bridgehead atoms. The van der Waals surface area contributed by atoms with Crippen LogP contribution in [0, 0.1) is 22.7 Å². The van der Waals surface area contributed by atoms with Gasteiger partial charge in [0.05, 0.1) is 41.4 Å². The number of hydrogen-bond donors (Lipinski definition) is 0. The maximum absolute atomic E-state index is 8.80. The lowest BCUT2D eigenvalue weighted by Crippen LogP contribution is -1.80. The van der Waals surface area contributed by atoms with Crippen LogP contribution in [0.15, 0.2) is 46.0 Å². The number of furan rings is 1. The molecule has 0 unspecified atom stereocenters. The Morgan fingerprint density at radius 1 is 1.12 bits per heavy atom. The van der Waals surface area contributed by atoms with Gasteiger partial charge in [0.1, 0.15) is 5.76 Å². The zero-order valence-corrected chi connectivity index (χ0v) is 8.79. The molecular weight excluding hydrogens is 214 g/mol. The maximum atomic E-state index is 8.80. The predicted molar refractivity (Wildman–Crippen MR) is 61.8 cm³/mol. The van der Waals surface area contributed by atoms with E-state index in [9.17, 15) is 0 Å². The Labute approximate surface area is 98.1 Å². The van der Waals surface area contributed by atoms with Gasteiger partial charge in [-0.3, -0.25) is 4.99 Å². The third kappa shape index (κ3) is 2.58. The summed E-state index contributed by atoms with van der Waals surface area (Å²) >= 11 is 0. The van der Waals surface area contributed by atoms with Gasteiger partial charge in [-0.1, -0.05) is 0 Å². The van der Waals surface area contributed by atoms with Crippen molar-refractivity contribution in [1.29, 1.82) is 10.5 Å². The van der Waals surface area contributed by atoms with Gasteiger partial charge in [-0.2, -0.15) is 10.5 Å². The zero-order chi connectivity index (χ0) is 12.1. The molecule has 0 aliphatic carbocycles. The second-order valence-corrected chi connectivity index (χ2v) is 3.27. The van der Waals surface area contributed by atoms with Crippen molar-refractivity contribution in [3.63, 3.8) is 0 Å². The lowest BCUT2D eigenvalue weighted by molar-refractivity contribution is 0.560. The van der Waals surface area contributed by atoms with Crippen LogP contribution >= 0.6 is 0 Å². The predicted octanol–water partition coefficient (Wildman–Crippen LogP) is 2.77. The van der Waals surface area contributed by atoms with E-state index < -0.39 is 0 Å². The Balaban J connectivity index is 2.34. The average molecular weight is 221 g/mol. The van der Waals surface area contributed by atoms with Crippen LogP contribution in [0.1, 0.15) is 16.9 Å². The molecule has 4 nitrogen and oxygen atoms in total. The topological polar surface area (TPSA) is 73.1 Å². The van der Waals surface area contributed by atoms with Gasteiger partial charge in [-0.25, -0.2) is 0 Å². The van der Waals surface area contributed by atoms with Crippen molar-refractivity contribution in [1.82, 2.24) is 0 Å². The number of aliphatic imine (C=N–C) groups is 1. The van der Waals surface area contributed by atoms with Crippen LogP contribution < -0.4 is 0 Å². The minimum absolute atomic E-state index is 0.413. The van der Waals surface area contributed by atoms with Crippen LogP contribution in [0.2, 0.25) is 0 Å². The van der Waals surface area contributed by atoms with Crippen molar-refractivity contribution in [3.05, 3.63) is 53.5 Å². The van der Waals surface area contributed by atoms with E-state index in [1.54, 1.807) is 30.5 Å². The van der Waals surface area contributed by atoms with E-state index >= 15 is 0 Å². The van der Waals surface area contributed by atoms with Crippen LogP contribution in [0.4, 0.5) is 5.69 Å². The normalized spacial score (nSPS) is 10.0. The summed E-state index contributed by atoms with van der Waals surface area (Å²) in [5.74, 6) is 0.617. The fourth-order valence-electron chi connectivity index (χ4n) is 1.32. The van der Waals surface area contributed by atoms with Crippen molar-refractivity contribution in [2.75, 3.05) is 0 Å². The smallest absolute Gasteiger partial charge is 0.144 e. The molecule has 0 aliphatic heterocycles. The molecule has 0 radical (unpaired) electrons. The molecule has 0 saturated heterocycles. The highest BCUT2D eigenvalue weighted by Gasteiger charge is 1.99. The van der Waals surface area contributed by atoms with E-state index in [4.69, 9.17) is 14.9 Å². The molecule has 2 rings (SSSR count). The first-order valence-corrected chi connectivity index (χ1v) is 4.84. The largest absolute Gasteiger partial charge is 0.463 e. The minimum atomic E-state index is 0.413. The first-order chi connectivity index (χ1) is 8.31. The lowest BCUT2D eigenvalue weighted by Gasteiger charge is -1.95. The molecule has 0 spiro atoms. The quantitative estimate of drug-likeness (QED) is 0.732. The fourth-order valence-corrected chi connectivity index (χ4v) is 1.32. The highest BCUT2D eigenvalue weighted by molar-refractivity contribution is 5.78. The molecule has 0 amide bonds. The second-order valence-electron chi connectivity index (χ2n) is 3.27. The second kappa shape index (κ2) is 4.78. The van der Waals surface area contributed by atoms with E-state index in [-0.39, 0.29) is 0 Å². The third-order valence-electron chi connectivity index (χ3n) is 2.06.